The molecule has 5 rings (SSSR count). The summed E-state index contributed by atoms with van der Waals surface area (Å²) in [6, 6.07) is 4.00. The molecule has 0 radical (unpaired) electrons. The number of carbonyl (C=O) groups is 1. The number of hydrogen-bond acceptors (Lipinski definition) is 6. The van der Waals surface area contributed by atoms with Gasteiger partial charge in [0.15, 0.2) is 0 Å². The van der Waals surface area contributed by atoms with Gasteiger partial charge in [0, 0.05) is 50.6 Å². The molecule has 0 saturated carbocycles. The van der Waals surface area contributed by atoms with Crippen LogP contribution in [0.5, 0.6) is 11.5 Å². The van der Waals surface area contributed by atoms with Crippen molar-refractivity contribution >= 4 is 17.5 Å². The number of aryl methyl sites for hydroxylation is 2. The van der Waals surface area contributed by atoms with Gasteiger partial charge < -0.3 is 14.7 Å². The van der Waals surface area contributed by atoms with Gasteiger partial charge in [0.1, 0.15) is 34.6 Å². The minimum Gasteiger partial charge on any atom is -0.507 e. The van der Waals surface area contributed by atoms with Crippen molar-refractivity contribution in [3.05, 3.63) is 59.1 Å². The molecule has 2 aliphatic rings. The summed E-state index contributed by atoms with van der Waals surface area (Å²) in [6.07, 6.45) is 3.17. The van der Waals surface area contributed by atoms with Crippen LogP contribution in [0.3, 0.4) is 0 Å². The van der Waals surface area contributed by atoms with Crippen molar-refractivity contribution in [2.45, 2.75) is 19.5 Å². The van der Waals surface area contributed by atoms with Crippen LogP contribution in [0.2, 0.25) is 5.02 Å². The number of ether oxygens (including phenoxy) is 1. The van der Waals surface area contributed by atoms with Crippen LogP contribution < -0.4 is 4.74 Å². The maximum atomic E-state index is 14.9. The Morgan fingerprint density at radius 1 is 1.34 bits per heavy atom. The Labute approximate surface area is 207 Å². The molecule has 1 saturated heterocycles. The van der Waals surface area contributed by atoms with Crippen LogP contribution >= 0.6 is 11.6 Å². The van der Waals surface area contributed by atoms with E-state index in [1.165, 1.54) is 24.3 Å². The monoisotopic (exact) mass is 497 g/mol. The Kier molecular flexibility index (Phi) is 5.98. The predicted molar refractivity (Wildman–Crippen MR) is 130 cm³/mol. The molecule has 8 nitrogen and oxygen atoms in total. The Bertz CT molecular complexity index is 1320. The zero-order valence-corrected chi connectivity index (χ0v) is 20.2. The average Bonchev–Trinajstić information content (AvgIpc) is 3.05. The second-order valence-corrected chi connectivity index (χ2v) is 9.17. The van der Waals surface area contributed by atoms with E-state index in [4.69, 9.17) is 21.3 Å². The molecular weight excluding hydrogens is 473 g/mol. The first-order valence-electron chi connectivity index (χ1n) is 11.3. The van der Waals surface area contributed by atoms with Gasteiger partial charge in [0.2, 0.25) is 5.91 Å². The van der Waals surface area contributed by atoms with Gasteiger partial charge >= 0.3 is 0 Å². The fraction of sp³-hybridized carbons (Fsp3) is 0.320. The fourth-order valence-corrected chi connectivity index (χ4v) is 5.12. The average molecular weight is 498 g/mol. The van der Waals surface area contributed by atoms with Crippen LogP contribution in [0.25, 0.3) is 22.5 Å². The third kappa shape index (κ3) is 4.04. The lowest BCUT2D eigenvalue weighted by Crippen LogP contribution is -2.55. The highest BCUT2D eigenvalue weighted by Crippen LogP contribution is 2.46. The van der Waals surface area contributed by atoms with Crippen molar-refractivity contribution in [3.63, 3.8) is 0 Å². The van der Waals surface area contributed by atoms with E-state index in [1.807, 2.05) is 20.2 Å². The second-order valence-electron chi connectivity index (χ2n) is 8.79. The van der Waals surface area contributed by atoms with Crippen LogP contribution in [0.15, 0.2) is 37.1 Å². The van der Waals surface area contributed by atoms with Gasteiger partial charge in [-0.2, -0.15) is 5.10 Å². The molecule has 0 spiro atoms. The Hall–Kier alpha value is -3.43. The molecule has 1 aromatic carbocycles. The van der Waals surface area contributed by atoms with Crippen molar-refractivity contribution < 1.29 is 19.0 Å². The number of amides is 1. The molecule has 2 aromatic heterocycles. The number of carbonyl (C=O) groups excluding carboxylic acids is 1. The summed E-state index contributed by atoms with van der Waals surface area (Å²) in [5, 5.41) is 15.1. The third-order valence-electron chi connectivity index (χ3n) is 6.56. The summed E-state index contributed by atoms with van der Waals surface area (Å²) >= 11 is 6.80. The summed E-state index contributed by atoms with van der Waals surface area (Å²) < 4.78 is 22.8. The summed E-state index contributed by atoms with van der Waals surface area (Å²) in [5.41, 5.74) is 2.85. The number of phenols is 1. The van der Waals surface area contributed by atoms with Crippen molar-refractivity contribution in [2.24, 2.45) is 7.05 Å². The number of aromatic nitrogens is 3. The molecule has 1 fully saturated rings. The first-order valence-corrected chi connectivity index (χ1v) is 11.6. The van der Waals surface area contributed by atoms with Crippen LogP contribution in [0.4, 0.5) is 4.39 Å². The fourth-order valence-electron chi connectivity index (χ4n) is 4.81. The molecular formula is C25H25ClFN5O3. The number of nitrogens with zero attached hydrogens (tertiary/aromatic N) is 5. The lowest BCUT2D eigenvalue weighted by atomic mass is 10.0. The number of halogens is 2. The predicted octanol–water partition coefficient (Wildman–Crippen LogP) is 3.55. The standard InChI is InChI=1S/C25H25ClFN5O3/c1-4-20(34)32-9-8-31-12-17-23(16-11-30(3)29-14(16)2)28-24(21-18(27)6-5-7-19(21)33)22(26)25(17)35-13-15(31)10-32/h4-7,11,15,33H,1,8-10,12-13H2,2-3H3/t15-/m1/s1. The van der Waals surface area contributed by atoms with Gasteiger partial charge in [-0.1, -0.05) is 24.2 Å². The van der Waals surface area contributed by atoms with Crippen LogP contribution in [-0.4, -0.2) is 67.9 Å². The Morgan fingerprint density at radius 3 is 2.83 bits per heavy atom. The molecule has 1 N–H and O–H groups in total. The van der Waals surface area contributed by atoms with Crippen LogP contribution in [-0.2, 0) is 18.4 Å². The van der Waals surface area contributed by atoms with Crippen molar-refractivity contribution in [3.8, 4) is 34.0 Å². The normalized spacial score (nSPS) is 17.8. The molecule has 0 unspecified atom stereocenters. The molecule has 3 aromatic rings. The van der Waals surface area contributed by atoms with E-state index in [0.717, 1.165) is 16.8 Å². The van der Waals surface area contributed by atoms with Crippen LogP contribution in [0, 0.1) is 12.7 Å². The third-order valence-corrected chi connectivity index (χ3v) is 6.91. The minimum absolute atomic E-state index is 0.0655. The molecule has 10 heteroatoms. The number of pyridine rings is 1. The molecule has 1 atom stereocenters. The summed E-state index contributed by atoms with van der Waals surface area (Å²) in [6.45, 7) is 7.94. The van der Waals surface area contributed by atoms with Crippen molar-refractivity contribution in [1.29, 1.82) is 0 Å². The number of rotatable bonds is 3. The van der Waals surface area contributed by atoms with Crippen molar-refractivity contribution in [1.82, 2.24) is 24.6 Å². The van der Waals surface area contributed by atoms with E-state index >= 15 is 0 Å². The van der Waals surface area contributed by atoms with Crippen LogP contribution in [0.1, 0.15) is 11.3 Å². The SMILES string of the molecule is C=CC(=O)N1CCN2Cc3c(-c4cn(C)nc4C)nc(-c4c(O)cccc4F)c(Cl)c3OC[C@H]2C1. The van der Waals surface area contributed by atoms with E-state index in [9.17, 15) is 14.3 Å². The van der Waals surface area contributed by atoms with E-state index < -0.39 is 5.82 Å². The largest absolute Gasteiger partial charge is 0.507 e. The number of phenolic OH excluding ortho intramolecular Hbond substituents is 1. The van der Waals surface area contributed by atoms with E-state index in [1.54, 1.807) is 9.58 Å². The first-order chi connectivity index (χ1) is 16.8. The summed E-state index contributed by atoms with van der Waals surface area (Å²) in [7, 11) is 1.82. The molecule has 35 heavy (non-hydrogen) atoms. The topological polar surface area (TPSA) is 83.7 Å². The zero-order chi connectivity index (χ0) is 24.9. The van der Waals surface area contributed by atoms with E-state index in [2.05, 4.69) is 16.6 Å². The van der Waals surface area contributed by atoms with E-state index in [-0.39, 0.29) is 40.6 Å². The first kappa shape index (κ1) is 23.3. The number of fused-ring (bicyclic) bond motifs is 2. The Morgan fingerprint density at radius 2 is 2.14 bits per heavy atom. The highest BCUT2D eigenvalue weighted by molar-refractivity contribution is 6.35. The van der Waals surface area contributed by atoms with Gasteiger partial charge in [-0.3, -0.25) is 14.4 Å². The number of piperazine rings is 1. The van der Waals surface area contributed by atoms with Gasteiger partial charge in [0.25, 0.3) is 0 Å². The molecule has 0 aliphatic carbocycles. The maximum absolute atomic E-state index is 14.9. The quantitative estimate of drug-likeness (QED) is 0.557. The van der Waals surface area contributed by atoms with E-state index in [0.29, 0.717) is 37.6 Å². The Balaban J connectivity index is 1.67. The van der Waals surface area contributed by atoms with Gasteiger partial charge in [-0.25, -0.2) is 9.37 Å². The lowest BCUT2D eigenvalue weighted by molar-refractivity contribution is -0.129. The molecule has 1 amide bonds. The molecule has 2 aliphatic heterocycles. The lowest BCUT2D eigenvalue weighted by Gasteiger charge is -2.39. The van der Waals surface area contributed by atoms with Gasteiger partial charge in [-0.05, 0) is 25.1 Å². The maximum Gasteiger partial charge on any atom is 0.246 e. The molecule has 182 valence electrons. The number of hydrogen-bond donors (Lipinski definition) is 1. The summed E-state index contributed by atoms with van der Waals surface area (Å²) in [5.74, 6) is -0.626. The van der Waals surface area contributed by atoms with Gasteiger partial charge in [0.05, 0.1) is 23.0 Å². The number of benzene rings is 1. The number of aromatic hydroxyl groups is 1. The molecule has 0 bridgehead atoms. The smallest absolute Gasteiger partial charge is 0.246 e. The highest BCUT2D eigenvalue weighted by atomic mass is 35.5. The highest BCUT2D eigenvalue weighted by Gasteiger charge is 2.35. The molecule has 4 heterocycles. The van der Waals surface area contributed by atoms with Gasteiger partial charge in [-0.15, -0.1) is 0 Å². The van der Waals surface area contributed by atoms with Crippen molar-refractivity contribution in [2.75, 3.05) is 26.2 Å². The minimum atomic E-state index is -0.641. The second kappa shape index (κ2) is 8.98. The zero-order valence-electron chi connectivity index (χ0n) is 19.5. The summed E-state index contributed by atoms with van der Waals surface area (Å²) in [4.78, 5) is 21.0.